The second-order valence-corrected chi connectivity index (χ2v) is 9.57. The fourth-order valence-corrected chi connectivity index (χ4v) is 4.20. The first-order valence-electron chi connectivity index (χ1n) is 11.5. The average molecular weight is 418 g/mol. The van der Waals surface area contributed by atoms with Crippen molar-refractivity contribution in [2.24, 2.45) is 5.92 Å². The van der Waals surface area contributed by atoms with E-state index in [4.69, 9.17) is 9.47 Å². The Morgan fingerprint density at radius 1 is 1.00 bits per heavy atom. The van der Waals surface area contributed by atoms with Crippen LogP contribution in [0, 0.1) is 5.92 Å². The lowest BCUT2D eigenvalue weighted by Crippen LogP contribution is -2.48. The number of piperazine rings is 1. The van der Waals surface area contributed by atoms with E-state index in [-0.39, 0.29) is 6.09 Å². The summed E-state index contributed by atoms with van der Waals surface area (Å²) < 4.78 is 11.4. The van der Waals surface area contributed by atoms with Crippen molar-refractivity contribution in [2.75, 3.05) is 59.0 Å². The first-order valence-corrected chi connectivity index (χ1v) is 11.5. The van der Waals surface area contributed by atoms with E-state index in [1.165, 1.54) is 6.42 Å². The molecule has 0 aliphatic carbocycles. The second kappa shape index (κ2) is 11.0. The molecule has 2 aliphatic heterocycles. The van der Waals surface area contributed by atoms with E-state index in [9.17, 15) is 4.79 Å². The van der Waals surface area contributed by atoms with Crippen molar-refractivity contribution in [1.29, 1.82) is 0 Å². The van der Waals surface area contributed by atoms with E-state index < -0.39 is 5.60 Å². The molecule has 6 heteroatoms. The molecule has 1 atom stereocenters. The Labute approximate surface area is 182 Å². The average Bonchev–Trinajstić information content (AvgIpc) is 2.73. The van der Waals surface area contributed by atoms with Gasteiger partial charge in [0.1, 0.15) is 18.0 Å². The van der Waals surface area contributed by atoms with Crippen LogP contribution in [0.5, 0.6) is 5.75 Å². The minimum absolute atomic E-state index is 0.154. The number of nitrogens with zero attached hydrogens (tertiary/aromatic N) is 3. The van der Waals surface area contributed by atoms with Crippen LogP contribution in [0.3, 0.4) is 0 Å². The maximum Gasteiger partial charge on any atom is 0.410 e. The molecule has 1 amide bonds. The van der Waals surface area contributed by atoms with Gasteiger partial charge in [-0.15, -0.1) is 0 Å². The monoisotopic (exact) mass is 417 g/mol. The number of benzene rings is 1. The van der Waals surface area contributed by atoms with Gasteiger partial charge in [-0.25, -0.2) is 4.79 Å². The Morgan fingerprint density at radius 3 is 2.33 bits per heavy atom. The second-order valence-electron chi connectivity index (χ2n) is 9.57. The van der Waals surface area contributed by atoms with Crippen molar-refractivity contribution in [3.63, 3.8) is 0 Å². The van der Waals surface area contributed by atoms with Crippen molar-refractivity contribution in [1.82, 2.24) is 14.7 Å². The van der Waals surface area contributed by atoms with Gasteiger partial charge in [0.15, 0.2) is 0 Å². The number of hydrogen-bond acceptors (Lipinski definition) is 5. The number of ether oxygens (including phenoxy) is 2. The lowest BCUT2D eigenvalue weighted by atomic mass is 9.94. The van der Waals surface area contributed by atoms with Gasteiger partial charge in [-0.1, -0.05) is 18.2 Å². The van der Waals surface area contributed by atoms with Gasteiger partial charge < -0.3 is 19.3 Å². The summed E-state index contributed by atoms with van der Waals surface area (Å²) in [4.78, 5) is 19.3. The van der Waals surface area contributed by atoms with Gasteiger partial charge in [0.2, 0.25) is 0 Å². The van der Waals surface area contributed by atoms with E-state index in [0.29, 0.717) is 5.92 Å². The van der Waals surface area contributed by atoms with Crippen LogP contribution in [0.1, 0.15) is 40.0 Å². The summed E-state index contributed by atoms with van der Waals surface area (Å²) in [5.74, 6) is 1.53. The zero-order chi connectivity index (χ0) is 21.4. The van der Waals surface area contributed by atoms with Gasteiger partial charge in [-0.2, -0.15) is 0 Å². The van der Waals surface area contributed by atoms with Crippen LogP contribution in [-0.4, -0.2) is 85.4 Å². The van der Waals surface area contributed by atoms with Crippen LogP contribution < -0.4 is 4.74 Å². The Bertz CT molecular complexity index is 639. The molecule has 0 saturated carbocycles. The maximum atomic E-state index is 12.4. The van der Waals surface area contributed by atoms with Gasteiger partial charge >= 0.3 is 6.09 Å². The SMILES string of the molecule is CC(C)(C)OC(=O)N1CCC[C@H](CCN2CCN(CCOc3ccccc3)CC2)C1. The lowest BCUT2D eigenvalue weighted by molar-refractivity contribution is 0.0152. The highest BCUT2D eigenvalue weighted by Gasteiger charge is 2.28. The standard InChI is InChI=1S/C24H39N3O3/c1-24(2,3)30-23(28)27-12-7-8-21(20-27)11-13-25-14-16-26(17-15-25)18-19-29-22-9-5-4-6-10-22/h4-6,9-10,21H,7-8,11-20H2,1-3H3/t21-/m1/s1. The molecule has 3 rings (SSSR count). The quantitative estimate of drug-likeness (QED) is 0.677. The Kier molecular flexibility index (Phi) is 8.40. The molecule has 0 radical (unpaired) electrons. The predicted molar refractivity (Wildman–Crippen MR) is 120 cm³/mol. The number of amides is 1. The number of carbonyl (C=O) groups excluding carboxylic acids is 1. The largest absolute Gasteiger partial charge is 0.492 e. The summed E-state index contributed by atoms with van der Waals surface area (Å²) >= 11 is 0. The van der Waals surface area contributed by atoms with E-state index in [2.05, 4.69) is 9.80 Å². The van der Waals surface area contributed by atoms with Crippen LogP contribution in [0.4, 0.5) is 4.79 Å². The van der Waals surface area contributed by atoms with Crippen LogP contribution >= 0.6 is 0 Å². The van der Waals surface area contributed by atoms with E-state index >= 15 is 0 Å². The maximum absolute atomic E-state index is 12.4. The molecule has 0 spiro atoms. The Hall–Kier alpha value is -1.79. The number of para-hydroxylation sites is 1. The predicted octanol–water partition coefficient (Wildman–Crippen LogP) is 3.72. The normalized spacial score (nSPS) is 21.4. The summed E-state index contributed by atoms with van der Waals surface area (Å²) in [6.07, 6.45) is 3.31. The molecule has 2 aliphatic rings. The van der Waals surface area contributed by atoms with Crippen molar-refractivity contribution >= 4 is 6.09 Å². The third-order valence-electron chi connectivity index (χ3n) is 5.91. The minimum atomic E-state index is -0.421. The van der Waals surface area contributed by atoms with Gasteiger partial charge in [0.05, 0.1) is 0 Å². The highest BCUT2D eigenvalue weighted by atomic mass is 16.6. The molecular formula is C24H39N3O3. The molecular weight excluding hydrogens is 378 g/mol. The number of carbonyl (C=O) groups is 1. The number of hydrogen-bond donors (Lipinski definition) is 0. The van der Waals surface area contributed by atoms with Crippen molar-refractivity contribution in [3.8, 4) is 5.75 Å². The van der Waals surface area contributed by atoms with Crippen LogP contribution in [0.15, 0.2) is 30.3 Å². The lowest BCUT2D eigenvalue weighted by Gasteiger charge is -2.37. The highest BCUT2D eigenvalue weighted by Crippen LogP contribution is 2.22. The number of rotatable bonds is 7. The molecule has 168 valence electrons. The topological polar surface area (TPSA) is 45.2 Å². The number of likely N-dealkylation sites (tertiary alicyclic amines) is 1. The summed E-state index contributed by atoms with van der Waals surface area (Å²) in [6, 6.07) is 10.0. The number of piperidine rings is 1. The van der Waals surface area contributed by atoms with Crippen LogP contribution in [0.25, 0.3) is 0 Å². The third kappa shape index (κ3) is 7.80. The van der Waals surface area contributed by atoms with Gasteiger partial charge in [0.25, 0.3) is 0 Å². The Balaban J connectivity index is 1.30. The van der Waals surface area contributed by atoms with Crippen LogP contribution in [-0.2, 0) is 4.74 Å². The zero-order valence-corrected chi connectivity index (χ0v) is 19.0. The van der Waals surface area contributed by atoms with Crippen molar-refractivity contribution in [3.05, 3.63) is 30.3 Å². The fraction of sp³-hybridized carbons (Fsp3) is 0.708. The molecule has 1 aromatic carbocycles. The van der Waals surface area contributed by atoms with Gasteiger partial charge in [0, 0.05) is 45.8 Å². The summed E-state index contributed by atoms with van der Waals surface area (Å²) in [5.41, 5.74) is -0.421. The van der Waals surface area contributed by atoms with Crippen LogP contribution in [0.2, 0.25) is 0 Å². The van der Waals surface area contributed by atoms with E-state index in [1.54, 1.807) is 0 Å². The first kappa shape index (κ1) is 22.9. The Morgan fingerprint density at radius 2 is 1.67 bits per heavy atom. The van der Waals surface area contributed by atoms with Crippen molar-refractivity contribution < 1.29 is 14.3 Å². The van der Waals surface area contributed by atoms with Crippen molar-refractivity contribution in [2.45, 2.75) is 45.6 Å². The highest BCUT2D eigenvalue weighted by molar-refractivity contribution is 5.68. The third-order valence-corrected chi connectivity index (χ3v) is 5.91. The zero-order valence-electron chi connectivity index (χ0n) is 19.0. The summed E-state index contributed by atoms with van der Waals surface area (Å²) in [7, 11) is 0. The summed E-state index contributed by atoms with van der Waals surface area (Å²) in [6.45, 7) is 14.8. The van der Waals surface area contributed by atoms with Gasteiger partial charge in [-0.05, 0) is 64.6 Å². The molecule has 0 aromatic heterocycles. The molecule has 2 saturated heterocycles. The fourth-order valence-electron chi connectivity index (χ4n) is 4.20. The minimum Gasteiger partial charge on any atom is -0.492 e. The molecule has 0 N–H and O–H groups in total. The molecule has 6 nitrogen and oxygen atoms in total. The van der Waals surface area contributed by atoms with E-state index in [0.717, 1.165) is 77.6 Å². The molecule has 0 bridgehead atoms. The van der Waals surface area contributed by atoms with Gasteiger partial charge in [-0.3, -0.25) is 4.90 Å². The molecule has 2 fully saturated rings. The molecule has 2 heterocycles. The first-order chi connectivity index (χ1) is 14.4. The van der Waals surface area contributed by atoms with E-state index in [1.807, 2.05) is 56.0 Å². The molecule has 1 aromatic rings. The summed E-state index contributed by atoms with van der Waals surface area (Å²) in [5, 5.41) is 0. The molecule has 30 heavy (non-hydrogen) atoms. The molecule has 0 unspecified atom stereocenters. The smallest absolute Gasteiger partial charge is 0.410 e.